The van der Waals surface area contributed by atoms with Crippen LogP contribution in [0.15, 0.2) is 47.8 Å². The normalized spacial score (nSPS) is 13.1. The molecule has 0 amide bonds. The Balaban J connectivity index is 2.02. The minimum absolute atomic E-state index is 0.0347. The molecule has 172 valence electrons. The van der Waals surface area contributed by atoms with Crippen LogP contribution in [0.25, 0.3) is 22.4 Å². The lowest BCUT2D eigenvalue weighted by Gasteiger charge is -2.38. The highest BCUT2D eigenvalue weighted by Crippen LogP contribution is 2.39. The number of carbonyl (C=O) groups is 1. The third kappa shape index (κ3) is 4.14. The summed E-state index contributed by atoms with van der Waals surface area (Å²) in [4.78, 5) is 34.1. The summed E-state index contributed by atoms with van der Waals surface area (Å²) in [6.07, 6.45) is 0. The number of pyridine rings is 1. The molecule has 0 radical (unpaired) electrons. The van der Waals surface area contributed by atoms with Crippen LogP contribution in [0.3, 0.4) is 0 Å². The fourth-order valence-electron chi connectivity index (χ4n) is 3.71. The molecule has 9 nitrogen and oxygen atoms in total. The van der Waals surface area contributed by atoms with Gasteiger partial charge >= 0.3 is 5.97 Å². The summed E-state index contributed by atoms with van der Waals surface area (Å²) >= 11 is 0. The van der Waals surface area contributed by atoms with Gasteiger partial charge < -0.3 is 15.4 Å². The van der Waals surface area contributed by atoms with Gasteiger partial charge in [-0.1, -0.05) is 12.1 Å². The predicted molar refractivity (Wildman–Crippen MR) is 118 cm³/mol. The molecule has 1 aromatic heterocycles. The van der Waals surface area contributed by atoms with Crippen LogP contribution in [0.5, 0.6) is 5.75 Å². The quantitative estimate of drug-likeness (QED) is 0.432. The Morgan fingerprint density at radius 2 is 1.88 bits per heavy atom. The number of aromatic nitrogens is 1. The molecule has 1 aliphatic heterocycles. The van der Waals surface area contributed by atoms with E-state index in [-0.39, 0.29) is 45.3 Å². The number of nitriles is 1. The van der Waals surface area contributed by atoms with Crippen molar-refractivity contribution < 1.29 is 23.1 Å². The van der Waals surface area contributed by atoms with E-state index in [2.05, 4.69) is 15.2 Å². The maximum absolute atomic E-state index is 14.6. The Morgan fingerprint density at radius 1 is 1.18 bits per heavy atom. The summed E-state index contributed by atoms with van der Waals surface area (Å²) in [6, 6.07) is 10.8. The molecule has 0 atom stereocenters. The zero-order chi connectivity index (χ0) is 24.4. The maximum Gasteiger partial charge on any atom is 0.370 e. The van der Waals surface area contributed by atoms with Gasteiger partial charge in [0.05, 0.1) is 23.9 Å². The molecular formula is C23H17F2N5O4. The zero-order valence-corrected chi connectivity index (χ0v) is 17.8. The van der Waals surface area contributed by atoms with E-state index in [0.29, 0.717) is 18.9 Å². The number of rotatable bonds is 6. The number of ether oxygens (including phenoxy) is 1. The summed E-state index contributed by atoms with van der Waals surface area (Å²) in [7, 11) is 1.30. The molecule has 2 heterocycles. The minimum Gasteiger partial charge on any atom is -0.494 e. The molecule has 0 saturated carbocycles. The van der Waals surface area contributed by atoms with E-state index >= 15 is 0 Å². The summed E-state index contributed by atoms with van der Waals surface area (Å²) in [6.45, 7) is 0.899. The van der Waals surface area contributed by atoms with Crippen molar-refractivity contribution in [2.75, 3.05) is 25.1 Å². The molecule has 34 heavy (non-hydrogen) atoms. The second kappa shape index (κ2) is 9.21. The third-order valence-corrected chi connectivity index (χ3v) is 5.38. The fourth-order valence-corrected chi connectivity index (χ4v) is 3.71. The number of hydrogen-bond acceptors (Lipinski definition) is 9. The van der Waals surface area contributed by atoms with Crippen LogP contribution in [0.4, 0.5) is 14.6 Å². The molecule has 1 aliphatic rings. The van der Waals surface area contributed by atoms with Crippen LogP contribution in [0.1, 0.15) is 15.9 Å². The van der Waals surface area contributed by atoms with Gasteiger partial charge in [0, 0.05) is 30.3 Å². The monoisotopic (exact) mass is 465 g/mol. The molecule has 0 aliphatic carbocycles. The van der Waals surface area contributed by atoms with E-state index in [1.807, 2.05) is 0 Å². The number of halogens is 2. The lowest BCUT2D eigenvalue weighted by Crippen LogP contribution is -2.56. The first kappa shape index (κ1) is 22.8. The van der Waals surface area contributed by atoms with E-state index in [1.165, 1.54) is 37.4 Å². The Morgan fingerprint density at radius 3 is 2.47 bits per heavy atom. The number of nitrogens with zero attached hydrogens (tertiary/aromatic N) is 4. The smallest absolute Gasteiger partial charge is 0.370 e. The van der Waals surface area contributed by atoms with Gasteiger partial charge in [-0.25, -0.2) is 18.6 Å². The summed E-state index contributed by atoms with van der Waals surface area (Å²) in [5.41, 5.74) is 6.12. The first-order valence-electron chi connectivity index (χ1n) is 9.99. The largest absolute Gasteiger partial charge is 0.494 e. The van der Waals surface area contributed by atoms with E-state index in [4.69, 9.17) is 15.7 Å². The summed E-state index contributed by atoms with van der Waals surface area (Å²) < 4.78 is 34.0. The number of benzene rings is 2. The molecule has 1 saturated heterocycles. The van der Waals surface area contributed by atoms with Crippen LogP contribution >= 0.6 is 0 Å². The van der Waals surface area contributed by atoms with Crippen molar-refractivity contribution in [2.24, 2.45) is 11.1 Å². The topological polar surface area (TPSA) is 131 Å². The molecule has 0 spiro atoms. The van der Waals surface area contributed by atoms with Crippen molar-refractivity contribution >= 4 is 11.8 Å². The zero-order valence-electron chi connectivity index (χ0n) is 17.8. The second-order valence-electron chi connectivity index (χ2n) is 7.53. The van der Waals surface area contributed by atoms with Gasteiger partial charge in [-0.05, 0) is 35.9 Å². The van der Waals surface area contributed by atoms with Crippen molar-refractivity contribution in [3.63, 3.8) is 0 Å². The number of nitrogens with two attached hydrogens (primary N) is 1. The Hall–Kier alpha value is -4.43. The van der Waals surface area contributed by atoms with Crippen LogP contribution < -0.4 is 15.4 Å². The molecule has 0 bridgehead atoms. The molecule has 0 unspecified atom stereocenters. The van der Waals surface area contributed by atoms with E-state index in [1.54, 1.807) is 11.0 Å². The van der Waals surface area contributed by atoms with Crippen LogP contribution in [0, 0.1) is 27.9 Å². The molecule has 2 N–H and O–H groups in total. The Labute approximate surface area is 192 Å². The van der Waals surface area contributed by atoms with Gasteiger partial charge in [0.2, 0.25) is 0 Å². The molecule has 4 rings (SSSR count). The van der Waals surface area contributed by atoms with Crippen molar-refractivity contribution in [1.29, 1.82) is 5.26 Å². The molecule has 3 aromatic rings. The van der Waals surface area contributed by atoms with Crippen molar-refractivity contribution in [3.8, 4) is 34.2 Å². The average Bonchev–Trinajstić information content (AvgIpc) is 2.81. The highest BCUT2D eigenvalue weighted by Gasteiger charge is 2.29. The molecule has 11 heteroatoms. The number of carbonyl (C=O) groups excluding carboxylic acids is 1. The summed E-state index contributed by atoms with van der Waals surface area (Å²) in [5.74, 6) is -2.35. The van der Waals surface area contributed by atoms with Crippen LogP contribution in [-0.4, -0.2) is 37.2 Å². The maximum atomic E-state index is 14.6. The van der Waals surface area contributed by atoms with Crippen molar-refractivity contribution in [2.45, 2.75) is 6.04 Å². The van der Waals surface area contributed by atoms with Gasteiger partial charge in [-0.2, -0.15) is 5.26 Å². The van der Waals surface area contributed by atoms with Gasteiger partial charge in [0.25, 0.3) is 0 Å². The Kier molecular flexibility index (Phi) is 6.16. The first-order valence-corrected chi connectivity index (χ1v) is 9.99. The van der Waals surface area contributed by atoms with Gasteiger partial charge in [0.1, 0.15) is 17.7 Å². The molecular weight excluding hydrogens is 448 g/mol. The van der Waals surface area contributed by atoms with Crippen molar-refractivity contribution in [1.82, 2.24) is 4.98 Å². The average molecular weight is 465 g/mol. The van der Waals surface area contributed by atoms with Gasteiger partial charge in [-0.15, -0.1) is 4.91 Å². The fraction of sp³-hybridized carbons (Fsp3) is 0.174. The van der Waals surface area contributed by atoms with Crippen LogP contribution in [-0.2, 0) is 4.84 Å². The minimum atomic E-state index is -1.11. The lowest BCUT2D eigenvalue weighted by molar-refractivity contribution is 0.0509. The number of methoxy groups -OCH3 is 1. The summed E-state index contributed by atoms with van der Waals surface area (Å²) in [5, 5.41) is 11.3. The van der Waals surface area contributed by atoms with E-state index < -0.39 is 17.6 Å². The first-order chi connectivity index (χ1) is 16.4. The van der Waals surface area contributed by atoms with Gasteiger partial charge in [-0.3, -0.25) is 4.84 Å². The number of hydrogen-bond donors (Lipinski definition) is 1. The SMILES string of the molecule is COc1ccc(-c2c(C(=O)ON=O)cc(N3CC(N)C3)nc2-c2ccc(C#N)c(F)c2)cc1F. The Bertz CT molecular complexity index is 1340. The lowest BCUT2D eigenvalue weighted by atomic mass is 9.93. The van der Waals surface area contributed by atoms with Gasteiger partial charge in [0.15, 0.2) is 16.9 Å². The standard InChI is InChI=1S/C23H17F2N5O4/c1-33-19-5-4-12(6-18(19)25)21-16(23(31)34-29-32)8-20(30-10-15(27)11-30)28-22(21)13-2-3-14(9-26)17(24)7-13/h2-8,15H,10-11,27H2,1H3. The molecule has 1 fully saturated rings. The predicted octanol–water partition coefficient (Wildman–Crippen LogP) is 3.56. The van der Waals surface area contributed by atoms with E-state index in [0.717, 1.165) is 12.1 Å². The van der Waals surface area contributed by atoms with Crippen molar-refractivity contribution in [3.05, 3.63) is 70.1 Å². The third-order valence-electron chi connectivity index (χ3n) is 5.38. The number of anilines is 1. The highest BCUT2D eigenvalue weighted by atomic mass is 19.1. The second-order valence-corrected chi connectivity index (χ2v) is 7.53. The van der Waals surface area contributed by atoms with Crippen LogP contribution in [0.2, 0.25) is 0 Å². The highest BCUT2D eigenvalue weighted by molar-refractivity contribution is 6.02. The molecule has 2 aromatic carbocycles. The van der Waals surface area contributed by atoms with E-state index in [9.17, 15) is 18.5 Å².